The van der Waals surface area contributed by atoms with E-state index in [0.717, 1.165) is 5.56 Å². The monoisotopic (exact) mass is 286 g/mol. The van der Waals surface area contributed by atoms with Gasteiger partial charge in [0.05, 0.1) is 11.3 Å². The van der Waals surface area contributed by atoms with Gasteiger partial charge in [0.25, 0.3) is 0 Å². The highest BCUT2D eigenvalue weighted by Crippen LogP contribution is 2.25. The summed E-state index contributed by atoms with van der Waals surface area (Å²) in [6.07, 6.45) is 1.53. The highest BCUT2D eigenvalue weighted by atomic mass is 16.4. The van der Waals surface area contributed by atoms with Crippen molar-refractivity contribution in [3.8, 4) is 0 Å². The zero-order valence-electron chi connectivity index (χ0n) is 13.0. The molecule has 1 aromatic rings. The third kappa shape index (κ3) is 4.31. The molecule has 0 atom stereocenters. The molecule has 0 unspecified atom stereocenters. The van der Waals surface area contributed by atoms with Crippen LogP contribution in [0.25, 0.3) is 5.70 Å². The maximum Gasteiger partial charge on any atom is 0.333 e. The highest BCUT2D eigenvalue weighted by Gasteiger charge is 2.13. The summed E-state index contributed by atoms with van der Waals surface area (Å²) in [5.74, 6) is -1.05. The Morgan fingerprint density at radius 1 is 1.29 bits per heavy atom. The van der Waals surface area contributed by atoms with Crippen molar-refractivity contribution in [1.29, 1.82) is 0 Å². The SMILES string of the molecule is C=N/C(=C\C(N)=C(/C)C(=O)O)c1ccc(C(C)(C)C)cc1. The van der Waals surface area contributed by atoms with Crippen LogP contribution in [-0.4, -0.2) is 17.8 Å². The van der Waals surface area contributed by atoms with Gasteiger partial charge in [-0.3, -0.25) is 4.99 Å². The topological polar surface area (TPSA) is 75.7 Å². The first kappa shape index (κ1) is 16.7. The van der Waals surface area contributed by atoms with Crippen molar-refractivity contribution in [1.82, 2.24) is 0 Å². The number of allylic oxidation sites excluding steroid dienone is 1. The van der Waals surface area contributed by atoms with Crippen molar-refractivity contribution in [2.45, 2.75) is 33.1 Å². The summed E-state index contributed by atoms with van der Waals surface area (Å²) in [6, 6.07) is 7.92. The van der Waals surface area contributed by atoms with Gasteiger partial charge in [0.2, 0.25) is 0 Å². The van der Waals surface area contributed by atoms with Gasteiger partial charge in [0.15, 0.2) is 0 Å². The molecule has 0 aliphatic rings. The molecule has 1 aromatic carbocycles. The summed E-state index contributed by atoms with van der Waals surface area (Å²) >= 11 is 0. The van der Waals surface area contributed by atoms with E-state index < -0.39 is 5.97 Å². The van der Waals surface area contributed by atoms with E-state index in [0.29, 0.717) is 5.70 Å². The van der Waals surface area contributed by atoms with Gasteiger partial charge in [-0.1, -0.05) is 45.0 Å². The fraction of sp³-hybridized carbons (Fsp3) is 0.294. The molecular weight excluding hydrogens is 264 g/mol. The maximum absolute atomic E-state index is 10.9. The van der Waals surface area contributed by atoms with Crippen LogP contribution < -0.4 is 5.73 Å². The van der Waals surface area contributed by atoms with Crippen LogP contribution >= 0.6 is 0 Å². The summed E-state index contributed by atoms with van der Waals surface area (Å²) < 4.78 is 0. The lowest BCUT2D eigenvalue weighted by Gasteiger charge is -2.19. The van der Waals surface area contributed by atoms with Crippen LogP contribution in [0.3, 0.4) is 0 Å². The largest absolute Gasteiger partial charge is 0.478 e. The number of hydrogen-bond donors (Lipinski definition) is 2. The Balaban J connectivity index is 3.20. The van der Waals surface area contributed by atoms with Crippen LogP contribution in [0.2, 0.25) is 0 Å². The van der Waals surface area contributed by atoms with Crippen molar-refractivity contribution in [3.63, 3.8) is 0 Å². The molecule has 4 nitrogen and oxygen atoms in total. The number of carboxylic acids is 1. The van der Waals surface area contributed by atoms with E-state index in [9.17, 15) is 4.79 Å². The molecule has 0 saturated carbocycles. The fourth-order valence-electron chi connectivity index (χ4n) is 1.74. The minimum absolute atomic E-state index is 0.0723. The number of aliphatic imine (C=N–C) groups is 1. The van der Waals surface area contributed by atoms with Gasteiger partial charge in [-0.15, -0.1) is 0 Å². The van der Waals surface area contributed by atoms with Gasteiger partial charge >= 0.3 is 5.97 Å². The Bertz CT molecular complexity index is 603. The van der Waals surface area contributed by atoms with Crippen LogP contribution in [0.1, 0.15) is 38.8 Å². The average Bonchev–Trinajstić information content (AvgIpc) is 2.42. The molecule has 112 valence electrons. The summed E-state index contributed by atoms with van der Waals surface area (Å²) in [4.78, 5) is 14.8. The lowest BCUT2D eigenvalue weighted by Crippen LogP contribution is -2.10. The van der Waals surface area contributed by atoms with E-state index in [2.05, 4.69) is 32.5 Å². The molecule has 1 rings (SSSR count). The smallest absolute Gasteiger partial charge is 0.333 e. The standard InChI is InChI=1S/C17H22N2O2/c1-11(16(20)21)14(18)10-15(19-5)12-6-8-13(9-7-12)17(2,3)4/h6-10H,5,18H2,1-4H3,(H,20,21)/b14-11-,15-10-. The van der Waals surface area contributed by atoms with E-state index in [1.165, 1.54) is 18.6 Å². The van der Waals surface area contributed by atoms with Crippen LogP contribution in [0, 0.1) is 0 Å². The molecule has 3 N–H and O–H groups in total. The molecule has 0 bridgehead atoms. The van der Waals surface area contributed by atoms with E-state index in [-0.39, 0.29) is 16.7 Å². The molecule has 4 heteroatoms. The summed E-state index contributed by atoms with van der Waals surface area (Å²) in [6.45, 7) is 11.4. The molecule has 0 amide bonds. The Morgan fingerprint density at radius 3 is 2.19 bits per heavy atom. The highest BCUT2D eigenvalue weighted by molar-refractivity contribution is 5.88. The van der Waals surface area contributed by atoms with Crippen molar-refractivity contribution >= 4 is 18.4 Å². The number of benzene rings is 1. The normalized spacial score (nSPS) is 13.6. The number of nitrogens with zero attached hydrogens (tertiary/aromatic N) is 1. The quantitative estimate of drug-likeness (QED) is 0.506. The summed E-state index contributed by atoms with van der Waals surface area (Å²) in [5, 5.41) is 8.92. The third-order valence-corrected chi connectivity index (χ3v) is 3.26. The number of hydrogen-bond acceptors (Lipinski definition) is 3. The second-order valence-electron chi connectivity index (χ2n) is 5.90. The molecule has 0 heterocycles. The predicted octanol–water partition coefficient (Wildman–Crippen LogP) is 3.34. The van der Waals surface area contributed by atoms with Gasteiger partial charge in [0, 0.05) is 11.3 Å². The lowest BCUT2D eigenvalue weighted by molar-refractivity contribution is -0.132. The van der Waals surface area contributed by atoms with Gasteiger partial charge in [-0.2, -0.15) is 0 Å². The molecule has 0 aliphatic heterocycles. The third-order valence-electron chi connectivity index (χ3n) is 3.26. The minimum Gasteiger partial charge on any atom is -0.478 e. The van der Waals surface area contributed by atoms with Crippen molar-refractivity contribution in [2.24, 2.45) is 10.7 Å². The second-order valence-corrected chi connectivity index (χ2v) is 5.90. The number of aliphatic carboxylic acids is 1. The number of rotatable bonds is 4. The van der Waals surface area contributed by atoms with Gasteiger partial charge in [-0.05, 0) is 30.7 Å². The summed E-state index contributed by atoms with van der Waals surface area (Å²) in [7, 11) is 0. The van der Waals surface area contributed by atoms with E-state index in [1.54, 1.807) is 0 Å². The zero-order chi connectivity index (χ0) is 16.2. The number of carbonyl (C=O) groups is 1. The first-order chi connectivity index (χ1) is 9.66. The van der Waals surface area contributed by atoms with Gasteiger partial charge in [0.1, 0.15) is 0 Å². The van der Waals surface area contributed by atoms with Gasteiger partial charge < -0.3 is 10.8 Å². The Morgan fingerprint density at radius 2 is 1.81 bits per heavy atom. The summed E-state index contributed by atoms with van der Waals surface area (Å²) in [5.41, 5.74) is 8.70. The molecule has 21 heavy (non-hydrogen) atoms. The van der Waals surface area contributed by atoms with Crippen molar-refractivity contribution in [3.05, 3.63) is 52.7 Å². The van der Waals surface area contributed by atoms with Crippen LogP contribution in [-0.2, 0) is 10.2 Å². The van der Waals surface area contributed by atoms with E-state index >= 15 is 0 Å². The van der Waals surface area contributed by atoms with Crippen LogP contribution in [0.5, 0.6) is 0 Å². The van der Waals surface area contributed by atoms with Crippen LogP contribution in [0.4, 0.5) is 0 Å². The van der Waals surface area contributed by atoms with Crippen molar-refractivity contribution < 1.29 is 9.90 Å². The van der Waals surface area contributed by atoms with Crippen molar-refractivity contribution in [2.75, 3.05) is 0 Å². The molecule has 0 aliphatic carbocycles. The zero-order valence-corrected chi connectivity index (χ0v) is 13.0. The lowest BCUT2D eigenvalue weighted by atomic mass is 9.86. The fourth-order valence-corrected chi connectivity index (χ4v) is 1.74. The Kier molecular flexibility index (Phi) is 5.08. The van der Waals surface area contributed by atoms with Crippen LogP contribution in [0.15, 0.2) is 46.6 Å². The maximum atomic E-state index is 10.9. The van der Waals surface area contributed by atoms with Gasteiger partial charge in [-0.25, -0.2) is 4.79 Å². The first-order valence-electron chi connectivity index (χ1n) is 6.65. The van der Waals surface area contributed by atoms with E-state index in [4.69, 9.17) is 10.8 Å². The first-order valence-corrected chi connectivity index (χ1v) is 6.65. The molecule has 0 saturated heterocycles. The number of nitrogens with two attached hydrogens (primary N) is 1. The molecule has 0 aromatic heterocycles. The molecule has 0 spiro atoms. The predicted molar refractivity (Wildman–Crippen MR) is 87.2 cm³/mol. The Labute approximate surface area is 125 Å². The Hall–Kier alpha value is -2.36. The molecule has 0 radical (unpaired) electrons. The molecule has 0 fully saturated rings. The van der Waals surface area contributed by atoms with E-state index in [1.807, 2.05) is 24.3 Å². The second kappa shape index (κ2) is 6.39. The average molecular weight is 286 g/mol. The minimum atomic E-state index is -1.05. The number of carboxylic acid groups (broad SMARTS) is 1. The molecular formula is C17H22N2O2.